The molecular formula is C21H22N4O. The van der Waals surface area contributed by atoms with E-state index in [9.17, 15) is 4.79 Å². The number of nitrogens with two attached hydrogens (primary N) is 1. The highest BCUT2D eigenvalue weighted by Gasteiger charge is 2.24. The molecule has 0 spiro atoms. The minimum Gasteiger partial charge on any atom is -0.383 e. The highest BCUT2D eigenvalue weighted by Crippen LogP contribution is 2.24. The number of carbonyl (C=O) groups is 1. The second kappa shape index (κ2) is 6.67. The molecule has 1 heterocycles. The van der Waals surface area contributed by atoms with Crippen LogP contribution in [-0.4, -0.2) is 21.7 Å². The van der Waals surface area contributed by atoms with Crippen LogP contribution in [0.1, 0.15) is 39.9 Å². The van der Waals surface area contributed by atoms with Crippen molar-refractivity contribution in [3.05, 3.63) is 77.0 Å². The molecule has 1 fully saturated rings. The molecule has 2 aromatic carbocycles. The lowest BCUT2D eigenvalue weighted by molar-refractivity contribution is 0.0951. The van der Waals surface area contributed by atoms with E-state index in [-0.39, 0.29) is 5.91 Å². The Hall–Kier alpha value is -3.08. The quantitative estimate of drug-likeness (QED) is 0.745. The van der Waals surface area contributed by atoms with Crippen LogP contribution in [0, 0.1) is 6.92 Å². The normalized spacial score (nSPS) is 13.6. The highest BCUT2D eigenvalue weighted by atomic mass is 16.1. The van der Waals surface area contributed by atoms with E-state index in [1.54, 1.807) is 10.9 Å². The van der Waals surface area contributed by atoms with Crippen molar-refractivity contribution in [2.24, 2.45) is 0 Å². The van der Waals surface area contributed by atoms with Gasteiger partial charge in [-0.05, 0) is 43.0 Å². The van der Waals surface area contributed by atoms with Crippen LogP contribution in [0.5, 0.6) is 0 Å². The molecular weight excluding hydrogens is 324 g/mol. The first-order valence-electron chi connectivity index (χ1n) is 8.90. The summed E-state index contributed by atoms with van der Waals surface area (Å²) in [5.74, 6) is 0.570. The molecule has 3 aromatic rings. The van der Waals surface area contributed by atoms with Crippen molar-refractivity contribution in [1.29, 1.82) is 0 Å². The number of anilines is 1. The second-order valence-corrected chi connectivity index (χ2v) is 6.88. The van der Waals surface area contributed by atoms with E-state index in [1.165, 1.54) is 5.56 Å². The molecule has 4 rings (SSSR count). The van der Waals surface area contributed by atoms with Crippen molar-refractivity contribution < 1.29 is 4.79 Å². The Bertz CT molecular complexity index is 942. The zero-order chi connectivity index (χ0) is 18.1. The van der Waals surface area contributed by atoms with Crippen molar-refractivity contribution >= 4 is 11.7 Å². The van der Waals surface area contributed by atoms with E-state index in [0.29, 0.717) is 17.4 Å². The molecule has 5 nitrogen and oxygen atoms in total. The number of amides is 1. The van der Waals surface area contributed by atoms with Gasteiger partial charge in [-0.15, -0.1) is 0 Å². The molecule has 0 radical (unpaired) electrons. The Labute approximate surface area is 152 Å². The molecule has 1 aliphatic rings. The molecule has 0 saturated heterocycles. The summed E-state index contributed by atoms with van der Waals surface area (Å²) in [7, 11) is 0. The van der Waals surface area contributed by atoms with E-state index in [4.69, 9.17) is 5.73 Å². The predicted molar refractivity (Wildman–Crippen MR) is 102 cm³/mol. The van der Waals surface area contributed by atoms with E-state index in [0.717, 1.165) is 36.1 Å². The van der Waals surface area contributed by atoms with Crippen molar-refractivity contribution in [2.45, 2.75) is 32.2 Å². The summed E-state index contributed by atoms with van der Waals surface area (Å²) < 4.78 is 1.72. The first kappa shape index (κ1) is 16.4. The molecule has 3 N–H and O–H groups in total. The fraction of sp³-hybridized carbons (Fsp3) is 0.238. The van der Waals surface area contributed by atoms with Gasteiger partial charge in [-0.3, -0.25) is 4.79 Å². The highest BCUT2D eigenvalue weighted by molar-refractivity contribution is 5.95. The maximum absolute atomic E-state index is 12.3. The van der Waals surface area contributed by atoms with Gasteiger partial charge in [0.25, 0.3) is 5.91 Å². The molecule has 0 bridgehead atoms. The minimum absolute atomic E-state index is 0.0380. The van der Waals surface area contributed by atoms with Crippen LogP contribution < -0.4 is 11.1 Å². The van der Waals surface area contributed by atoms with Crippen LogP contribution in [0.2, 0.25) is 0 Å². The fourth-order valence-electron chi connectivity index (χ4n) is 3.01. The lowest BCUT2D eigenvalue weighted by atomic mass is 10.1. The Balaban J connectivity index is 1.63. The third-order valence-electron chi connectivity index (χ3n) is 4.74. The van der Waals surface area contributed by atoms with Gasteiger partial charge in [-0.25, -0.2) is 4.68 Å². The molecule has 1 aromatic heterocycles. The van der Waals surface area contributed by atoms with Crippen molar-refractivity contribution in [3.8, 4) is 5.69 Å². The van der Waals surface area contributed by atoms with Crippen molar-refractivity contribution in [3.63, 3.8) is 0 Å². The summed E-state index contributed by atoms with van der Waals surface area (Å²) in [5, 5.41) is 7.50. The lowest BCUT2D eigenvalue weighted by Gasteiger charge is -2.11. The SMILES string of the molecule is Cc1ccc(C(=O)NC2CC2)cc1-n1ncc(Cc2ccccc2)c1N. The molecule has 0 unspecified atom stereocenters. The molecule has 0 aliphatic heterocycles. The first-order valence-corrected chi connectivity index (χ1v) is 8.90. The number of rotatable bonds is 5. The summed E-state index contributed by atoms with van der Waals surface area (Å²) >= 11 is 0. The van der Waals surface area contributed by atoms with Gasteiger partial charge in [0.1, 0.15) is 5.82 Å². The van der Waals surface area contributed by atoms with Crippen LogP contribution in [-0.2, 0) is 6.42 Å². The van der Waals surface area contributed by atoms with Crippen LogP contribution in [0.3, 0.4) is 0 Å². The molecule has 1 amide bonds. The van der Waals surface area contributed by atoms with Gasteiger partial charge in [-0.2, -0.15) is 5.10 Å². The molecule has 132 valence electrons. The average molecular weight is 346 g/mol. The second-order valence-electron chi connectivity index (χ2n) is 6.88. The van der Waals surface area contributed by atoms with Gasteiger partial charge >= 0.3 is 0 Å². The van der Waals surface area contributed by atoms with Gasteiger partial charge in [0, 0.05) is 23.6 Å². The summed E-state index contributed by atoms with van der Waals surface area (Å²) in [6.07, 6.45) is 4.67. The van der Waals surface area contributed by atoms with Crippen molar-refractivity contribution in [2.75, 3.05) is 5.73 Å². The monoisotopic (exact) mass is 346 g/mol. The van der Waals surface area contributed by atoms with Gasteiger partial charge < -0.3 is 11.1 Å². The van der Waals surface area contributed by atoms with Crippen LogP contribution in [0.25, 0.3) is 5.69 Å². The predicted octanol–water partition coefficient (Wildman–Crippen LogP) is 3.25. The number of nitrogens with one attached hydrogen (secondary N) is 1. The number of nitrogens with zero attached hydrogens (tertiary/aromatic N) is 2. The Morgan fingerprint density at radius 2 is 2.00 bits per heavy atom. The number of aryl methyl sites for hydroxylation is 1. The number of aromatic nitrogens is 2. The number of hydrogen-bond donors (Lipinski definition) is 2. The summed E-state index contributed by atoms with van der Waals surface area (Å²) in [6, 6.07) is 16.2. The van der Waals surface area contributed by atoms with Gasteiger partial charge in [0.15, 0.2) is 0 Å². The molecule has 5 heteroatoms. The van der Waals surface area contributed by atoms with Crippen LogP contribution in [0.4, 0.5) is 5.82 Å². The van der Waals surface area contributed by atoms with E-state index in [2.05, 4.69) is 22.5 Å². The first-order chi connectivity index (χ1) is 12.6. The average Bonchev–Trinajstić information content (AvgIpc) is 3.40. The molecule has 0 atom stereocenters. The lowest BCUT2D eigenvalue weighted by Crippen LogP contribution is -2.25. The third kappa shape index (κ3) is 3.33. The summed E-state index contributed by atoms with van der Waals surface area (Å²) in [6.45, 7) is 2.00. The number of nitrogen functional groups attached to an aromatic ring is 1. The van der Waals surface area contributed by atoms with Gasteiger partial charge in [-0.1, -0.05) is 36.4 Å². The van der Waals surface area contributed by atoms with Gasteiger partial charge in [0.05, 0.1) is 11.9 Å². The fourth-order valence-corrected chi connectivity index (χ4v) is 3.01. The minimum atomic E-state index is -0.0380. The standard InChI is InChI=1S/C21H22N4O/c1-14-7-8-16(21(26)24-18-9-10-18)12-19(14)25-20(22)17(13-23-25)11-15-5-3-2-4-6-15/h2-8,12-13,18H,9-11,22H2,1H3,(H,24,26). The largest absolute Gasteiger partial charge is 0.383 e. The van der Waals surface area contributed by atoms with Crippen LogP contribution in [0.15, 0.2) is 54.7 Å². The van der Waals surface area contributed by atoms with Crippen molar-refractivity contribution in [1.82, 2.24) is 15.1 Å². The maximum Gasteiger partial charge on any atom is 0.251 e. The maximum atomic E-state index is 12.3. The Morgan fingerprint density at radius 3 is 2.73 bits per heavy atom. The Morgan fingerprint density at radius 1 is 1.23 bits per heavy atom. The molecule has 1 saturated carbocycles. The smallest absolute Gasteiger partial charge is 0.251 e. The molecule has 1 aliphatic carbocycles. The van der Waals surface area contributed by atoms with Gasteiger partial charge in [0.2, 0.25) is 0 Å². The van der Waals surface area contributed by atoms with Crippen LogP contribution >= 0.6 is 0 Å². The number of carbonyl (C=O) groups excluding carboxylic acids is 1. The molecule has 26 heavy (non-hydrogen) atoms. The Kier molecular flexibility index (Phi) is 4.21. The van der Waals surface area contributed by atoms with E-state index >= 15 is 0 Å². The number of benzene rings is 2. The van der Waals surface area contributed by atoms with E-state index < -0.39 is 0 Å². The zero-order valence-corrected chi connectivity index (χ0v) is 14.8. The number of hydrogen-bond acceptors (Lipinski definition) is 3. The summed E-state index contributed by atoms with van der Waals surface area (Å²) in [4.78, 5) is 12.3. The van der Waals surface area contributed by atoms with E-state index in [1.807, 2.05) is 43.3 Å². The third-order valence-corrected chi connectivity index (χ3v) is 4.74. The topological polar surface area (TPSA) is 72.9 Å². The zero-order valence-electron chi connectivity index (χ0n) is 14.8. The summed E-state index contributed by atoms with van der Waals surface area (Å²) in [5.41, 5.74) is 11.0.